The Morgan fingerprint density at radius 2 is 1.84 bits per heavy atom. The molecule has 1 aliphatic carbocycles. The van der Waals surface area contributed by atoms with E-state index < -0.39 is 12.1 Å². The van der Waals surface area contributed by atoms with E-state index in [9.17, 15) is 13.2 Å². The number of hydrogen-bond donors (Lipinski definition) is 1. The Morgan fingerprint density at radius 1 is 1.11 bits per heavy atom. The molecular weight excluding hydrogens is 253 g/mol. The molecule has 0 amide bonds. The topological polar surface area (TPSA) is 15.3 Å². The normalized spacial score (nSPS) is 34.4. The summed E-state index contributed by atoms with van der Waals surface area (Å²) in [6.45, 7) is 5.09. The second-order valence-electron chi connectivity index (χ2n) is 5.94. The Morgan fingerprint density at radius 3 is 2.53 bits per heavy atom. The first-order valence-corrected chi connectivity index (χ1v) is 7.56. The molecule has 1 N–H and O–H groups in total. The minimum Gasteiger partial charge on any atom is -0.309 e. The van der Waals surface area contributed by atoms with Crippen molar-refractivity contribution < 1.29 is 13.2 Å². The number of likely N-dealkylation sites (N-methyl/N-ethyl adjacent to an activating group) is 1. The Hall–Kier alpha value is -0.290. The first-order chi connectivity index (χ1) is 9.00. The van der Waals surface area contributed by atoms with E-state index in [1.807, 2.05) is 0 Å². The third-order valence-electron chi connectivity index (χ3n) is 4.59. The van der Waals surface area contributed by atoms with Crippen LogP contribution in [0.2, 0.25) is 0 Å². The predicted octanol–water partition coefficient (Wildman–Crippen LogP) is 3.18. The van der Waals surface area contributed by atoms with E-state index in [4.69, 9.17) is 0 Å². The minimum atomic E-state index is -4.04. The average molecular weight is 278 g/mol. The van der Waals surface area contributed by atoms with Crippen LogP contribution >= 0.6 is 0 Å². The van der Waals surface area contributed by atoms with Crippen molar-refractivity contribution in [2.24, 2.45) is 5.92 Å². The summed E-state index contributed by atoms with van der Waals surface area (Å²) < 4.78 is 39.1. The zero-order valence-electron chi connectivity index (χ0n) is 11.7. The summed E-state index contributed by atoms with van der Waals surface area (Å²) in [5.74, 6) is -1.14. The first kappa shape index (κ1) is 15.1. The lowest BCUT2D eigenvalue weighted by atomic mass is 9.83. The third-order valence-corrected chi connectivity index (χ3v) is 4.59. The van der Waals surface area contributed by atoms with Gasteiger partial charge in [-0.25, -0.2) is 0 Å². The van der Waals surface area contributed by atoms with Crippen LogP contribution in [-0.4, -0.2) is 42.8 Å². The number of nitrogens with one attached hydrogen (secondary N) is 1. The van der Waals surface area contributed by atoms with E-state index in [1.165, 1.54) is 0 Å². The van der Waals surface area contributed by atoms with Crippen LogP contribution in [0.25, 0.3) is 0 Å². The molecule has 2 fully saturated rings. The van der Waals surface area contributed by atoms with Gasteiger partial charge in [-0.2, -0.15) is 13.2 Å². The molecule has 5 heteroatoms. The zero-order chi connectivity index (χ0) is 13.9. The molecule has 1 saturated heterocycles. The molecule has 3 unspecified atom stereocenters. The van der Waals surface area contributed by atoms with Gasteiger partial charge in [0, 0.05) is 18.6 Å². The summed E-state index contributed by atoms with van der Waals surface area (Å²) in [5.41, 5.74) is 0. The van der Waals surface area contributed by atoms with Gasteiger partial charge in [0.2, 0.25) is 0 Å². The van der Waals surface area contributed by atoms with Gasteiger partial charge in [-0.1, -0.05) is 19.8 Å². The molecular formula is C14H25F3N2. The highest BCUT2D eigenvalue weighted by Crippen LogP contribution is 2.38. The largest absolute Gasteiger partial charge is 0.393 e. The Kier molecular flexibility index (Phi) is 5.12. The summed E-state index contributed by atoms with van der Waals surface area (Å²) in [6, 6.07) is -0.128. The van der Waals surface area contributed by atoms with Crippen molar-refractivity contribution >= 4 is 0 Å². The van der Waals surface area contributed by atoms with Crippen LogP contribution in [0.1, 0.15) is 45.4 Å². The number of hydrogen-bond acceptors (Lipinski definition) is 2. The van der Waals surface area contributed by atoms with Crippen molar-refractivity contribution in [1.29, 1.82) is 0 Å². The maximum atomic E-state index is 13.0. The number of nitrogens with zero attached hydrogens (tertiary/aromatic N) is 1. The molecule has 2 aliphatic rings. The Balaban J connectivity index is 1.92. The SMILES string of the molecule is CCN1CCCC(NC2CCCCC2C(F)(F)F)C1. The fraction of sp³-hybridized carbons (Fsp3) is 1.00. The van der Waals surface area contributed by atoms with Gasteiger partial charge in [0.05, 0.1) is 5.92 Å². The maximum Gasteiger partial charge on any atom is 0.393 e. The lowest BCUT2D eigenvalue weighted by Crippen LogP contribution is -2.54. The van der Waals surface area contributed by atoms with Gasteiger partial charge in [0.25, 0.3) is 0 Å². The van der Waals surface area contributed by atoms with E-state index in [0.717, 1.165) is 38.9 Å². The molecule has 0 aromatic carbocycles. The molecule has 0 radical (unpaired) electrons. The molecule has 1 aliphatic heterocycles. The van der Waals surface area contributed by atoms with E-state index in [1.54, 1.807) is 0 Å². The first-order valence-electron chi connectivity index (χ1n) is 7.56. The molecule has 19 heavy (non-hydrogen) atoms. The van der Waals surface area contributed by atoms with Gasteiger partial charge in [0.15, 0.2) is 0 Å². The Labute approximate surface area is 113 Å². The van der Waals surface area contributed by atoms with Crippen LogP contribution in [0, 0.1) is 5.92 Å². The number of alkyl halides is 3. The van der Waals surface area contributed by atoms with Crippen LogP contribution in [0.5, 0.6) is 0 Å². The molecule has 0 aromatic heterocycles. The van der Waals surface area contributed by atoms with E-state index >= 15 is 0 Å². The molecule has 1 heterocycles. The third kappa shape index (κ3) is 4.09. The second kappa shape index (κ2) is 6.44. The average Bonchev–Trinajstić information content (AvgIpc) is 2.38. The highest BCUT2D eigenvalue weighted by molar-refractivity contribution is 4.89. The van der Waals surface area contributed by atoms with Gasteiger partial charge in [-0.15, -0.1) is 0 Å². The van der Waals surface area contributed by atoms with Crippen molar-refractivity contribution in [3.63, 3.8) is 0 Å². The quantitative estimate of drug-likeness (QED) is 0.853. The smallest absolute Gasteiger partial charge is 0.309 e. The summed E-state index contributed by atoms with van der Waals surface area (Å²) >= 11 is 0. The highest BCUT2D eigenvalue weighted by atomic mass is 19.4. The van der Waals surface area contributed by atoms with Gasteiger partial charge in [0.1, 0.15) is 0 Å². The maximum absolute atomic E-state index is 13.0. The molecule has 2 rings (SSSR count). The van der Waals surface area contributed by atoms with Crippen LogP contribution in [0.3, 0.4) is 0 Å². The van der Waals surface area contributed by atoms with Crippen LogP contribution in [0.4, 0.5) is 13.2 Å². The second-order valence-corrected chi connectivity index (χ2v) is 5.94. The number of likely N-dealkylation sites (tertiary alicyclic amines) is 1. The summed E-state index contributed by atoms with van der Waals surface area (Å²) in [5, 5.41) is 3.32. The van der Waals surface area contributed by atoms with Crippen LogP contribution in [0.15, 0.2) is 0 Å². The Bertz CT molecular complexity index is 280. The summed E-state index contributed by atoms with van der Waals surface area (Å²) in [7, 11) is 0. The van der Waals surface area contributed by atoms with Crippen molar-refractivity contribution in [1.82, 2.24) is 10.2 Å². The molecule has 112 valence electrons. The van der Waals surface area contributed by atoms with Gasteiger partial charge >= 0.3 is 6.18 Å². The van der Waals surface area contributed by atoms with Gasteiger partial charge in [-0.3, -0.25) is 0 Å². The summed E-state index contributed by atoms with van der Waals surface area (Å²) in [6.07, 6.45) is 0.671. The van der Waals surface area contributed by atoms with E-state index in [-0.39, 0.29) is 12.1 Å². The summed E-state index contributed by atoms with van der Waals surface area (Å²) in [4.78, 5) is 2.33. The monoisotopic (exact) mass is 278 g/mol. The molecule has 0 bridgehead atoms. The molecule has 2 nitrogen and oxygen atoms in total. The minimum absolute atomic E-state index is 0.238. The van der Waals surface area contributed by atoms with E-state index in [2.05, 4.69) is 17.1 Å². The van der Waals surface area contributed by atoms with Crippen molar-refractivity contribution in [2.45, 2.75) is 63.7 Å². The molecule has 3 atom stereocenters. The fourth-order valence-corrected chi connectivity index (χ4v) is 3.50. The standard InChI is InChI=1S/C14H25F3N2/c1-2-19-9-5-6-11(10-19)18-13-8-4-3-7-12(13)14(15,16)17/h11-13,18H,2-10H2,1H3. The number of rotatable bonds is 3. The number of halogens is 3. The number of piperidine rings is 1. The van der Waals surface area contributed by atoms with E-state index in [0.29, 0.717) is 19.3 Å². The zero-order valence-corrected chi connectivity index (χ0v) is 11.7. The molecule has 1 saturated carbocycles. The lowest BCUT2D eigenvalue weighted by Gasteiger charge is -2.39. The van der Waals surface area contributed by atoms with Crippen molar-refractivity contribution in [2.75, 3.05) is 19.6 Å². The van der Waals surface area contributed by atoms with Crippen molar-refractivity contribution in [3.8, 4) is 0 Å². The van der Waals surface area contributed by atoms with Gasteiger partial charge < -0.3 is 10.2 Å². The molecule has 0 aromatic rings. The predicted molar refractivity (Wildman–Crippen MR) is 70.1 cm³/mol. The van der Waals surface area contributed by atoms with Crippen molar-refractivity contribution in [3.05, 3.63) is 0 Å². The highest BCUT2D eigenvalue weighted by Gasteiger charge is 2.45. The molecule has 0 spiro atoms. The van der Waals surface area contributed by atoms with Crippen LogP contribution < -0.4 is 5.32 Å². The van der Waals surface area contributed by atoms with Crippen LogP contribution in [-0.2, 0) is 0 Å². The fourth-order valence-electron chi connectivity index (χ4n) is 3.50. The van der Waals surface area contributed by atoms with Gasteiger partial charge in [-0.05, 0) is 38.8 Å². The lowest BCUT2D eigenvalue weighted by molar-refractivity contribution is -0.189.